The van der Waals surface area contributed by atoms with Crippen molar-refractivity contribution in [3.05, 3.63) is 376 Å². The quantitative estimate of drug-likeness (QED) is 0.0864. The van der Waals surface area contributed by atoms with Gasteiger partial charge in [-0.1, -0.05) is 146 Å². The lowest BCUT2D eigenvalue weighted by Crippen LogP contribution is -1.96. The average Bonchev–Trinajstić information content (AvgIpc) is 0.883. The zero-order valence-electron chi connectivity index (χ0n) is 69.1. The number of hydrogen-bond donors (Lipinski definition) is 0. The van der Waals surface area contributed by atoms with Gasteiger partial charge in [-0.2, -0.15) is 0 Å². The van der Waals surface area contributed by atoms with E-state index >= 15 is 0 Å². The second-order valence-electron chi connectivity index (χ2n) is 33.7. The molecule has 6 aromatic heterocycles. The molecule has 0 spiro atoms. The van der Waals surface area contributed by atoms with Gasteiger partial charge in [0.15, 0.2) is 0 Å². The van der Waals surface area contributed by atoms with Crippen molar-refractivity contribution >= 4 is 252 Å². The summed E-state index contributed by atoms with van der Waals surface area (Å²) >= 11 is 14.6. The second kappa shape index (κ2) is 29.6. The average molecular weight is 1840 g/mol. The van der Waals surface area contributed by atoms with Gasteiger partial charge in [-0.15, -0.1) is 90.7 Å². The van der Waals surface area contributed by atoms with Crippen LogP contribution < -0.4 is 0 Å². The van der Waals surface area contributed by atoms with Gasteiger partial charge in [0.1, 0.15) is 23.3 Å². The number of fused-ring (bicyclic) bond motifs is 6. The predicted octanol–water partition coefficient (Wildman–Crippen LogP) is 37.1. The highest BCUT2D eigenvalue weighted by molar-refractivity contribution is 7.30. The van der Waals surface area contributed by atoms with Gasteiger partial charge in [-0.3, -0.25) is 19.9 Å². The van der Waals surface area contributed by atoms with E-state index in [0.717, 1.165) is 109 Å². The molecule has 0 saturated carbocycles. The minimum atomic E-state index is -0.493. The number of thiophene rings is 2. The maximum absolute atomic E-state index is 15.0. The smallest absolute Gasteiger partial charge is 0.131 e. The fourth-order valence-electron chi connectivity index (χ4n) is 21.0. The first-order valence-corrected chi connectivity index (χ1v) is 49.7. The molecule has 132 heavy (non-hydrogen) atoms. The molecule has 30 rings (SSSR count). The van der Waals surface area contributed by atoms with Crippen LogP contribution in [-0.2, 0) is 0 Å². The predicted molar refractivity (Wildman–Crippen MR) is 560 cm³/mol. The molecule has 0 atom stereocenters. The van der Waals surface area contributed by atoms with Gasteiger partial charge in [-0.25, -0.2) is 17.6 Å². The Balaban J connectivity index is 0.0000000998. The Morgan fingerprint density at radius 3 is 0.765 bits per heavy atom. The molecule has 0 unspecified atom stereocenters. The summed E-state index contributed by atoms with van der Waals surface area (Å²) < 4.78 is 78.3. The van der Waals surface area contributed by atoms with Gasteiger partial charge in [0.2, 0.25) is 0 Å². The number of benzene rings is 18. The van der Waals surface area contributed by atoms with E-state index in [1.54, 1.807) is 22.7 Å². The second-order valence-corrected chi connectivity index (χ2v) is 42.3. The van der Waals surface area contributed by atoms with Crippen LogP contribution >= 0.6 is 90.7 Å². The fraction of sp³-hybridized carbons (Fsp3) is 0. The SMILES string of the molecule is Fc1ccc(F)c(-c2cc3sc4cccc5c(-c6cc(F)ccc6F)cc6sc7cccc2c7c3-c6c45)c1.c1cc2sc3cc(-c4cncc(-c5ccncc5)c4)c4cccc5sc6cc(-c7cncc(-c8ccncc8)c7)c(c1)c2c6-c3c54.c1ccc2c(c1)sc1c(-c3cc4sc5cccc6c(-c7cccc8c7sc7ccccc78)cc7sc8cccc3c8c4-c7c56)cccc12. The standard InChI is InChI=1S/C44H22S4.C40H22N4S2.C32H14F4S2/c1-3-17-33-23(9-1)27-13-5-15-29(43(27)47-33)31-21-37-41-39-25(31)11-7-19-35(39)46-38-22-32(26-12-8-20-36(45-37)40(26)42(38)41)30-16-6-14-28-24-10-2-4-18-34(24)48-44(28)30;1-3-29-31(27-15-25(19-43-21-27)23-7-11-41-12-8-23)17-36-39-37(29)33(5-1)45-35-18-32(30-4-2-6-34(46-36)38(30)40(35)39)28-16-26(20-44-22-28)24-9-13-42-14-10-24;33-15-7-9-23(35)21(11-15)19-13-28-31-29-17(19)3-1-5-25(29)37-27-14-20(22-12-16(34)8-10-24(22)36)18-4-2-6-26(38-28)30(18)32(27)31/h1-22H;1-22H;1-14H. The van der Waals surface area contributed by atoms with Crippen LogP contribution in [-0.4, -0.2) is 19.9 Å². The molecule has 16 heteroatoms. The maximum atomic E-state index is 15.0. The van der Waals surface area contributed by atoms with Gasteiger partial charge >= 0.3 is 0 Å². The molecule has 0 N–H and O–H groups in total. The summed E-state index contributed by atoms with van der Waals surface area (Å²) in [5.41, 5.74) is 23.8. The Morgan fingerprint density at radius 1 is 0.167 bits per heavy atom. The van der Waals surface area contributed by atoms with Crippen molar-refractivity contribution in [2.45, 2.75) is 0 Å². The monoisotopic (exact) mass is 1840 g/mol. The Hall–Kier alpha value is -14.4. The van der Waals surface area contributed by atoms with E-state index in [1.165, 1.54) is 189 Å². The lowest BCUT2D eigenvalue weighted by molar-refractivity contribution is 0.603. The lowest BCUT2D eigenvalue weighted by atomic mass is 9.87. The van der Waals surface area contributed by atoms with Gasteiger partial charge in [0, 0.05) is 257 Å². The van der Waals surface area contributed by atoms with E-state index < -0.39 is 23.3 Å². The summed E-state index contributed by atoms with van der Waals surface area (Å²) in [6.07, 6.45) is 15.2. The number of hydrogen-bond acceptors (Lipinski definition) is 12. The summed E-state index contributed by atoms with van der Waals surface area (Å²) in [5.74, 6) is -1.94. The molecule has 0 fully saturated rings. The van der Waals surface area contributed by atoms with Gasteiger partial charge < -0.3 is 0 Å². The third kappa shape index (κ3) is 11.6. The first kappa shape index (κ1) is 76.5. The van der Waals surface area contributed by atoms with E-state index in [2.05, 4.69) is 214 Å². The van der Waals surface area contributed by atoms with Crippen LogP contribution in [0, 0.1) is 23.3 Å². The van der Waals surface area contributed by atoms with Crippen LogP contribution in [0.1, 0.15) is 0 Å². The molecule has 0 bridgehead atoms. The minimum Gasteiger partial charge on any atom is -0.265 e. The zero-order chi connectivity index (χ0) is 87.0. The fourth-order valence-corrected chi connectivity index (χ4v) is 30.5. The van der Waals surface area contributed by atoms with Crippen LogP contribution in [0.4, 0.5) is 17.6 Å². The van der Waals surface area contributed by atoms with Crippen molar-refractivity contribution in [2.75, 3.05) is 0 Å². The summed E-state index contributed by atoms with van der Waals surface area (Å²) in [4.78, 5) is 17.8. The molecule has 0 saturated heterocycles. The number of aromatic nitrogens is 4. The number of pyridine rings is 4. The molecule has 12 heterocycles. The van der Waals surface area contributed by atoms with Crippen LogP contribution in [0.15, 0.2) is 353 Å². The number of rotatable bonds is 8. The molecule has 0 aliphatic carbocycles. The van der Waals surface area contributed by atoms with Crippen molar-refractivity contribution < 1.29 is 17.6 Å². The summed E-state index contributed by atoms with van der Waals surface area (Å²) in [7, 11) is 0. The van der Waals surface area contributed by atoms with Crippen molar-refractivity contribution in [3.63, 3.8) is 0 Å². The highest BCUT2D eigenvalue weighted by atomic mass is 32.1. The summed E-state index contributed by atoms with van der Waals surface area (Å²) in [6, 6.07) is 104. The van der Waals surface area contributed by atoms with Crippen LogP contribution in [0.25, 0.3) is 284 Å². The highest BCUT2D eigenvalue weighted by Crippen LogP contribution is 2.61. The Labute approximate surface area is 781 Å². The van der Waals surface area contributed by atoms with E-state index in [1.807, 2.05) is 190 Å². The van der Waals surface area contributed by atoms with Crippen molar-refractivity contribution in [3.8, 4) is 122 Å². The maximum Gasteiger partial charge on any atom is 0.131 e. The molecule has 0 amide bonds. The minimum absolute atomic E-state index is 0.224. The number of halogens is 4. The molecular weight excluding hydrogens is 1780 g/mol. The van der Waals surface area contributed by atoms with Crippen molar-refractivity contribution in [1.29, 1.82) is 0 Å². The van der Waals surface area contributed by atoms with Crippen LogP contribution in [0.3, 0.4) is 0 Å². The lowest BCUT2D eigenvalue weighted by Gasteiger charge is -2.23. The molecule has 0 radical (unpaired) electrons. The topological polar surface area (TPSA) is 51.6 Å². The van der Waals surface area contributed by atoms with E-state index in [9.17, 15) is 17.6 Å². The van der Waals surface area contributed by atoms with E-state index in [0.29, 0.717) is 11.1 Å². The largest absolute Gasteiger partial charge is 0.265 e. The van der Waals surface area contributed by atoms with E-state index in [-0.39, 0.29) is 11.1 Å². The number of nitrogens with zero attached hydrogens (tertiary/aromatic N) is 4. The van der Waals surface area contributed by atoms with Gasteiger partial charge in [0.25, 0.3) is 0 Å². The van der Waals surface area contributed by atoms with Gasteiger partial charge in [-0.05, 0) is 235 Å². The molecule has 4 nitrogen and oxygen atoms in total. The zero-order valence-corrected chi connectivity index (χ0v) is 75.6. The highest BCUT2D eigenvalue weighted by Gasteiger charge is 2.32. The van der Waals surface area contributed by atoms with Crippen LogP contribution in [0.2, 0.25) is 0 Å². The molecule has 18 aromatic carbocycles. The molecule has 6 aliphatic rings. The normalized spacial score (nSPS) is 12.2. The molecule has 618 valence electrons. The van der Waals surface area contributed by atoms with Crippen LogP contribution in [0.5, 0.6) is 0 Å². The third-order valence-electron chi connectivity index (χ3n) is 26.6. The van der Waals surface area contributed by atoms with Crippen molar-refractivity contribution in [1.82, 2.24) is 19.9 Å². The third-order valence-corrected chi connectivity index (χ3v) is 35.6. The Kier molecular flexibility index (Phi) is 17.1. The van der Waals surface area contributed by atoms with E-state index in [4.69, 9.17) is 0 Å². The molecule has 6 aliphatic heterocycles. The Morgan fingerprint density at radius 2 is 0.432 bits per heavy atom. The Bertz CT molecular complexity index is 9340. The van der Waals surface area contributed by atoms with Crippen molar-refractivity contribution in [2.24, 2.45) is 0 Å². The first-order chi connectivity index (χ1) is 65.1. The summed E-state index contributed by atoms with van der Waals surface area (Å²) in [6.45, 7) is 0. The first-order valence-electron chi connectivity index (χ1n) is 43.2. The summed E-state index contributed by atoms with van der Waals surface area (Å²) in [5, 5.41) is 19.8. The molecule has 24 aromatic rings. The molecular formula is C116H58F4N4S8. The van der Waals surface area contributed by atoms with Gasteiger partial charge in [0.05, 0.1) is 0 Å².